The monoisotopic (exact) mass is 266 g/mol. The lowest BCUT2D eigenvalue weighted by molar-refractivity contribution is -0.385. The minimum absolute atomic E-state index is 0.0790. The van der Waals surface area contributed by atoms with Crippen molar-refractivity contribution < 1.29 is 24.4 Å². The zero-order valence-corrected chi connectivity index (χ0v) is 10.6. The van der Waals surface area contributed by atoms with Crippen molar-refractivity contribution in [2.24, 2.45) is 5.41 Å². The molecule has 102 valence electrons. The van der Waals surface area contributed by atoms with E-state index >= 15 is 0 Å². The van der Waals surface area contributed by atoms with Crippen molar-refractivity contribution in [1.29, 1.82) is 0 Å². The van der Waals surface area contributed by atoms with E-state index in [2.05, 4.69) is 0 Å². The van der Waals surface area contributed by atoms with E-state index in [0.29, 0.717) is 0 Å². The second kappa shape index (κ2) is 5.05. The highest BCUT2D eigenvalue weighted by Gasteiger charge is 2.24. The normalized spacial score (nSPS) is 10.9. The van der Waals surface area contributed by atoms with E-state index in [1.54, 1.807) is 20.8 Å². The van der Waals surface area contributed by atoms with E-state index < -0.39 is 33.5 Å². The molecule has 0 spiro atoms. The van der Waals surface area contributed by atoms with Gasteiger partial charge in [-0.1, -0.05) is 0 Å². The summed E-state index contributed by atoms with van der Waals surface area (Å²) >= 11 is 0. The van der Waals surface area contributed by atoms with Crippen LogP contribution in [0.1, 0.15) is 31.1 Å². The highest BCUT2D eigenvalue weighted by atomic mass is 16.6. The third-order valence-corrected chi connectivity index (χ3v) is 2.21. The Hall–Kier alpha value is -2.44. The summed E-state index contributed by atoms with van der Waals surface area (Å²) in [6.45, 7) is 4.88. The number of carbonyl (C=O) groups excluding carboxylic acids is 2. The van der Waals surface area contributed by atoms with E-state index in [9.17, 15) is 24.8 Å². The Kier molecular flexibility index (Phi) is 3.89. The first-order valence-corrected chi connectivity index (χ1v) is 5.35. The maximum Gasteiger partial charge on any atom is 0.316 e. The molecule has 0 heterocycles. The second-order valence-corrected chi connectivity index (χ2v) is 4.86. The number of ether oxygens (including phenoxy) is 1. The second-order valence-electron chi connectivity index (χ2n) is 4.86. The van der Waals surface area contributed by atoms with Crippen LogP contribution < -0.4 is 9.84 Å². The Balaban J connectivity index is 3.13. The van der Waals surface area contributed by atoms with Gasteiger partial charge in [-0.15, -0.1) is 0 Å². The molecule has 0 saturated carbocycles. The van der Waals surface area contributed by atoms with Crippen LogP contribution >= 0.6 is 0 Å². The molecule has 0 amide bonds. The fourth-order valence-corrected chi connectivity index (χ4v) is 1.16. The third-order valence-electron chi connectivity index (χ3n) is 2.21. The number of esters is 1. The van der Waals surface area contributed by atoms with Gasteiger partial charge >= 0.3 is 5.97 Å². The smallest absolute Gasteiger partial charge is 0.316 e. The Morgan fingerprint density at radius 1 is 1.26 bits per heavy atom. The molecule has 0 aliphatic rings. The molecule has 0 unspecified atom stereocenters. The van der Waals surface area contributed by atoms with Gasteiger partial charge in [0, 0.05) is 6.07 Å². The van der Waals surface area contributed by atoms with Crippen molar-refractivity contribution in [3.8, 4) is 5.75 Å². The first-order valence-electron chi connectivity index (χ1n) is 5.35. The van der Waals surface area contributed by atoms with Crippen molar-refractivity contribution in [2.75, 3.05) is 0 Å². The molecule has 0 bridgehead atoms. The van der Waals surface area contributed by atoms with Crippen LogP contribution in [-0.4, -0.2) is 16.9 Å². The highest BCUT2D eigenvalue weighted by Crippen LogP contribution is 2.25. The Morgan fingerprint density at radius 3 is 2.26 bits per heavy atom. The fourth-order valence-electron chi connectivity index (χ4n) is 1.16. The summed E-state index contributed by atoms with van der Waals surface area (Å²) in [5, 5.41) is 21.4. The lowest BCUT2D eigenvalue weighted by Gasteiger charge is -2.16. The fraction of sp³-hybridized carbons (Fsp3) is 0.333. The number of rotatable bonds is 3. The number of hydrogen-bond acceptors (Lipinski definition) is 6. The number of nitrogens with zero attached hydrogens (tertiary/aromatic N) is 1. The van der Waals surface area contributed by atoms with Gasteiger partial charge in [0.05, 0.1) is 21.9 Å². The van der Waals surface area contributed by atoms with Crippen LogP contribution in [0.3, 0.4) is 0 Å². The van der Waals surface area contributed by atoms with Gasteiger partial charge in [-0.3, -0.25) is 14.9 Å². The number of nitro benzene ring substituents is 1. The van der Waals surface area contributed by atoms with Crippen LogP contribution in [0, 0.1) is 15.5 Å². The predicted octanol–water partition coefficient (Wildman–Crippen LogP) is 0.910. The minimum atomic E-state index is -1.71. The van der Waals surface area contributed by atoms with E-state index in [1.807, 2.05) is 0 Å². The third kappa shape index (κ3) is 3.51. The van der Waals surface area contributed by atoms with Gasteiger partial charge in [0.15, 0.2) is 0 Å². The summed E-state index contributed by atoms with van der Waals surface area (Å²) in [5.74, 6) is -2.37. The van der Waals surface area contributed by atoms with Crippen molar-refractivity contribution in [3.05, 3.63) is 33.9 Å². The molecular weight excluding hydrogens is 254 g/mol. The molecular formula is C12H12NO6-. The van der Waals surface area contributed by atoms with E-state index in [4.69, 9.17) is 4.74 Å². The Morgan fingerprint density at radius 2 is 1.84 bits per heavy atom. The number of carbonyl (C=O) groups is 2. The molecule has 0 aliphatic carbocycles. The molecule has 0 saturated heterocycles. The topological polar surface area (TPSA) is 110 Å². The van der Waals surface area contributed by atoms with Crippen molar-refractivity contribution in [3.63, 3.8) is 0 Å². The van der Waals surface area contributed by atoms with Crippen LogP contribution in [0.15, 0.2) is 18.2 Å². The molecule has 1 aromatic carbocycles. The van der Waals surface area contributed by atoms with Gasteiger partial charge in [-0.25, -0.2) is 0 Å². The molecule has 7 heteroatoms. The van der Waals surface area contributed by atoms with Gasteiger partial charge < -0.3 is 14.6 Å². The van der Waals surface area contributed by atoms with Gasteiger partial charge in [-0.2, -0.15) is 0 Å². The Labute approximate surface area is 109 Å². The first kappa shape index (κ1) is 14.6. The van der Waals surface area contributed by atoms with Crippen LogP contribution in [0.5, 0.6) is 5.75 Å². The van der Waals surface area contributed by atoms with E-state index in [1.165, 1.54) is 0 Å². The zero-order chi connectivity index (χ0) is 14.8. The van der Waals surface area contributed by atoms with Gasteiger partial charge in [0.25, 0.3) is 5.69 Å². The van der Waals surface area contributed by atoms with E-state index in [-0.39, 0.29) is 5.75 Å². The average molecular weight is 266 g/mol. The van der Waals surface area contributed by atoms with Crippen LogP contribution in [-0.2, 0) is 4.79 Å². The van der Waals surface area contributed by atoms with Crippen LogP contribution in [0.4, 0.5) is 5.69 Å². The van der Waals surface area contributed by atoms with E-state index in [0.717, 1.165) is 18.2 Å². The van der Waals surface area contributed by atoms with Gasteiger partial charge in [-0.05, 0) is 32.9 Å². The number of carboxylic acids is 1. The van der Waals surface area contributed by atoms with Crippen molar-refractivity contribution in [1.82, 2.24) is 0 Å². The average Bonchev–Trinajstić information content (AvgIpc) is 2.27. The first-order chi connectivity index (χ1) is 8.62. The number of nitro groups is 1. The predicted molar refractivity (Wildman–Crippen MR) is 62.5 cm³/mol. The van der Waals surface area contributed by atoms with Gasteiger partial charge in [0.2, 0.25) is 0 Å². The lowest BCUT2D eigenvalue weighted by Crippen LogP contribution is -2.26. The standard InChI is InChI=1S/C12H13NO6/c1-12(2,3)11(16)19-7-4-5-9(13(17)18)8(6-7)10(14)15/h4-6H,1-3H3,(H,14,15)/p-1. The summed E-state index contributed by atoms with van der Waals surface area (Å²) < 4.78 is 4.95. The zero-order valence-electron chi connectivity index (χ0n) is 10.6. The number of carboxylic acid groups (broad SMARTS) is 1. The molecule has 0 aliphatic heterocycles. The SMILES string of the molecule is CC(C)(C)C(=O)Oc1ccc([N+](=O)[O-])c(C(=O)[O-])c1. The molecule has 0 fully saturated rings. The molecule has 0 atom stereocenters. The largest absolute Gasteiger partial charge is 0.545 e. The maximum atomic E-state index is 11.6. The quantitative estimate of drug-likeness (QED) is 0.348. The summed E-state index contributed by atoms with van der Waals surface area (Å²) in [4.78, 5) is 32.2. The molecule has 1 rings (SSSR count). The highest BCUT2D eigenvalue weighted by molar-refractivity contribution is 5.91. The minimum Gasteiger partial charge on any atom is -0.545 e. The molecule has 7 nitrogen and oxygen atoms in total. The Bertz CT molecular complexity index is 544. The number of benzene rings is 1. The van der Waals surface area contributed by atoms with Crippen LogP contribution in [0.2, 0.25) is 0 Å². The molecule has 0 radical (unpaired) electrons. The summed E-state index contributed by atoms with van der Waals surface area (Å²) in [5.41, 5.74) is -2.02. The van der Waals surface area contributed by atoms with Gasteiger partial charge in [0.1, 0.15) is 5.75 Å². The van der Waals surface area contributed by atoms with Crippen molar-refractivity contribution in [2.45, 2.75) is 20.8 Å². The maximum absolute atomic E-state index is 11.6. The van der Waals surface area contributed by atoms with Crippen molar-refractivity contribution >= 4 is 17.6 Å². The molecule has 19 heavy (non-hydrogen) atoms. The molecule has 1 aromatic rings. The number of hydrogen-bond donors (Lipinski definition) is 0. The summed E-state index contributed by atoms with van der Waals surface area (Å²) in [6.07, 6.45) is 0. The molecule has 0 aromatic heterocycles. The summed E-state index contributed by atoms with van der Waals surface area (Å²) in [6, 6.07) is 3.02. The number of aromatic carboxylic acids is 1. The van der Waals surface area contributed by atoms with Crippen LogP contribution in [0.25, 0.3) is 0 Å². The lowest BCUT2D eigenvalue weighted by atomic mass is 9.97. The molecule has 0 N–H and O–H groups in total. The summed E-state index contributed by atoms with van der Waals surface area (Å²) in [7, 11) is 0.